The fraction of sp³-hybridized carbons (Fsp3) is 0.100. The summed E-state index contributed by atoms with van der Waals surface area (Å²) in [5.41, 5.74) is 12.3. The molecule has 7 rings (SSSR count). The maximum atomic E-state index is 7.10. The number of aryl methyl sites for hydroxylation is 3. The fourth-order valence-corrected chi connectivity index (χ4v) is 6.39. The number of benzene rings is 3. The predicted molar refractivity (Wildman–Crippen MR) is 140 cm³/mol. The number of allylic oxidation sites excluding steroid dienone is 2. The second-order valence-corrected chi connectivity index (χ2v) is 9.65. The van der Waals surface area contributed by atoms with Crippen molar-refractivity contribution in [2.75, 3.05) is 0 Å². The van der Waals surface area contributed by atoms with Gasteiger partial charge in [0.05, 0.1) is 11.3 Å². The van der Waals surface area contributed by atoms with Crippen LogP contribution in [-0.2, 0) is 0 Å². The average Bonchev–Trinajstić information content (AvgIpc) is 3.50. The van der Waals surface area contributed by atoms with E-state index in [1.165, 1.54) is 44.9 Å². The number of hydrogen-bond acceptors (Lipinski definition) is 1. The lowest BCUT2D eigenvalue weighted by molar-refractivity contribution is -0.342. The van der Waals surface area contributed by atoms with Crippen LogP contribution in [0.25, 0.3) is 16.8 Å². The van der Waals surface area contributed by atoms with E-state index in [-0.39, 0.29) is 0 Å². The van der Waals surface area contributed by atoms with Crippen molar-refractivity contribution in [2.24, 2.45) is 0 Å². The highest BCUT2D eigenvalue weighted by Gasteiger charge is 2.56. The SMILES string of the molecule is Cc1cc(C)c(C2=C3C=CC=[N+]3[B@-]3(c4ccccc4)Oc4ccccc4-c4ccc2n43)c(C)c1. The van der Waals surface area contributed by atoms with E-state index < -0.39 is 6.62 Å². The monoisotopic (exact) mass is 440 g/mol. The van der Waals surface area contributed by atoms with Gasteiger partial charge in [0.2, 0.25) is 0 Å². The molecular formula is C30H25BN2O. The van der Waals surface area contributed by atoms with Crippen molar-refractivity contribution in [2.45, 2.75) is 20.8 Å². The summed E-state index contributed by atoms with van der Waals surface area (Å²) in [6, 6.07) is 28.2. The number of rotatable bonds is 2. The van der Waals surface area contributed by atoms with Crippen LogP contribution in [0.4, 0.5) is 0 Å². The standard InChI is InChI=1S/C30H25BN2O/c1-20-18-21(2)29(22(3)19-20)30-26-13-9-17-32(26)31(23-10-5-4-6-11-23)33-25(15-16-27(30)33)24-12-7-8-14-28(24)34-31/h4-19H,1-3H3/t31-/m0/s1. The van der Waals surface area contributed by atoms with Crippen molar-refractivity contribution < 1.29 is 9.14 Å². The largest absolute Gasteiger partial charge is 0.635 e. The minimum absolute atomic E-state index is 0.925. The van der Waals surface area contributed by atoms with Gasteiger partial charge in [0.25, 0.3) is 0 Å². The van der Waals surface area contributed by atoms with Gasteiger partial charge in [-0.2, -0.15) is 0 Å². The van der Waals surface area contributed by atoms with Crippen molar-refractivity contribution in [3.8, 4) is 17.0 Å². The second-order valence-electron chi connectivity index (χ2n) is 9.65. The molecule has 0 fully saturated rings. The number of fused-ring (bicyclic) bond motifs is 4. The molecule has 34 heavy (non-hydrogen) atoms. The maximum absolute atomic E-state index is 7.10. The van der Waals surface area contributed by atoms with E-state index in [2.05, 4.69) is 127 Å². The Morgan fingerprint density at radius 3 is 2.29 bits per heavy atom. The lowest BCUT2D eigenvalue weighted by Crippen LogP contribution is -2.70. The Morgan fingerprint density at radius 2 is 1.50 bits per heavy atom. The van der Waals surface area contributed by atoms with Gasteiger partial charge in [-0.15, -0.1) is 0 Å². The molecule has 4 aromatic rings. The van der Waals surface area contributed by atoms with E-state index in [1.807, 2.05) is 0 Å². The van der Waals surface area contributed by atoms with E-state index in [0.717, 1.165) is 16.8 Å². The molecule has 3 aliphatic rings. The first-order valence-electron chi connectivity index (χ1n) is 11.9. The molecule has 1 aromatic heterocycles. The average molecular weight is 440 g/mol. The molecule has 164 valence electrons. The fourth-order valence-electron chi connectivity index (χ4n) is 6.39. The van der Waals surface area contributed by atoms with Crippen LogP contribution in [-0.4, -0.2) is 21.8 Å². The van der Waals surface area contributed by atoms with E-state index in [4.69, 9.17) is 4.65 Å². The quantitative estimate of drug-likeness (QED) is 0.372. The van der Waals surface area contributed by atoms with Crippen LogP contribution in [0.3, 0.4) is 0 Å². The molecule has 4 heteroatoms. The molecule has 3 nitrogen and oxygen atoms in total. The summed E-state index contributed by atoms with van der Waals surface area (Å²) in [4.78, 5) is 0. The molecule has 3 aromatic carbocycles. The van der Waals surface area contributed by atoms with Gasteiger partial charge in [0.1, 0.15) is 6.21 Å². The van der Waals surface area contributed by atoms with E-state index in [1.54, 1.807) is 0 Å². The summed E-state index contributed by atoms with van der Waals surface area (Å²) in [6.45, 7) is 4.87. The van der Waals surface area contributed by atoms with Crippen LogP contribution >= 0.6 is 0 Å². The smallest absolute Gasteiger partial charge is 0.597 e. The van der Waals surface area contributed by atoms with E-state index in [9.17, 15) is 0 Å². The number of nitrogens with zero attached hydrogens (tertiary/aromatic N) is 2. The molecule has 0 radical (unpaired) electrons. The van der Waals surface area contributed by atoms with E-state index in [0.29, 0.717) is 0 Å². The van der Waals surface area contributed by atoms with E-state index >= 15 is 0 Å². The molecular weight excluding hydrogens is 415 g/mol. The third-order valence-electron chi connectivity index (χ3n) is 7.55. The third kappa shape index (κ3) is 2.35. The lowest BCUT2D eigenvalue weighted by Gasteiger charge is -2.47. The highest BCUT2D eigenvalue weighted by atomic mass is 16.5. The summed E-state index contributed by atoms with van der Waals surface area (Å²) in [7, 11) is 0. The Kier molecular flexibility index (Phi) is 3.85. The van der Waals surface area contributed by atoms with Gasteiger partial charge in [-0.1, -0.05) is 65.6 Å². The van der Waals surface area contributed by atoms with Gasteiger partial charge < -0.3 is 13.6 Å². The zero-order valence-electron chi connectivity index (χ0n) is 19.6. The Balaban J connectivity index is 1.64. The lowest BCUT2D eigenvalue weighted by atomic mass is 9.54. The van der Waals surface area contributed by atoms with Crippen LogP contribution in [0.5, 0.6) is 5.75 Å². The summed E-state index contributed by atoms with van der Waals surface area (Å²) >= 11 is 0. The normalized spacial score (nSPS) is 19.3. The Hall–Kier alpha value is -4.05. The van der Waals surface area contributed by atoms with Crippen molar-refractivity contribution in [3.05, 3.63) is 125 Å². The second kappa shape index (κ2) is 6.74. The highest BCUT2D eigenvalue weighted by Crippen LogP contribution is 2.47. The Morgan fingerprint density at radius 1 is 0.794 bits per heavy atom. The van der Waals surface area contributed by atoms with Crippen LogP contribution in [0.2, 0.25) is 0 Å². The zero-order valence-corrected chi connectivity index (χ0v) is 19.6. The van der Waals surface area contributed by atoms with Crippen LogP contribution in [0.15, 0.2) is 96.7 Å². The molecule has 0 amide bonds. The van der Waals surface area contributed by atoms with Gasteiger partial charge in [-0.05, 0) is 61.7 Å². The van der Waals surface area contributed by atoms with Crippen molar-refractivity contribution in [1.29, 1.82) is 0 Å². The molecule has 4 heterocycles. The van der Waals surface area contributed by atoms with Crippen molar-refractivity contribution in [1.82, 2.24) is 4.48 Å². The summed E-state index contributed by atoms with van der Waals surface area (Å²) in [6.07, 6.45) is 6.57. The number of para-hydroxylation sites is 1. The molecule has 3 aliphatic heterocycles. The molecule has 1 atom stereocenters. The number of aromatic nitrogens is 1. The minimum Gasteiger partial charge on any atom is -0.635 e. The Labute approximate surface area is 200 Å². The predicted octanol–water partition coefficient (Wildman–Crippen LogP) is 5.59. The van der Waals surface area contributed by atoms with Gasteiger partial charge in [-0.25, -0.2) is 0 Å². The van der Waals surface area contributed by atoms with Gasteiger partial charge in [0, 0.05) is 29.1 Å². The first kappa shape index (κ1) is 19.4. The van der Waals surface area contributed by atoms with Crippen LogP contribution in [0, 0.1) is 20.8 Å². The molecule has 0 bridgehead atoms. The summed E-state index contributed by atoms with van der Waals surface area (Å²) < 4.78 is 11.9. The molecule has 0 aliphatic carbocycles. The zero-order chi connectivity index (χ0) is 23.0. The molecule has 0 saturated carbocycles. The first-order chi connectivity index (χ1) is 16.6. The summed E-state index contributed by atoms with van der Waals surface area (Å²) in [5, 5.41) is 0. The van der Waals surface area contributed by atoms with Gasteiger partial charge >= 0.3 is 6.62 Å². The Bertz CT molecular complexity index is 1580. The van der Waals surface area contributed by atoms with Crippen molar-refractivity contribution >= 4 is 23.9 Å². The highest BCUT2D eigenvalue weighted by molar-refractivity contribution is 6.80. The van der Waals surface area contributed by atoms with Crippen LogP contribution < -0.4 is 10.1 Å². The van der Waals surface area contributed by atoms with Gasteiger partial charge in [0.15, 0.2) is 5.70 Å². The van der Waals surface area contributed by atoms with Crippen LogP contribution in [0.1, 0.15) is 27.9 Å². The maximum Gasteiger partial charge on any atom is 0.597 e. The van der Waals surface area contributed by atoms with Crippen molar-refractivity contribution in [3.63, 3.8) is 0 Å². The molecule has 0 N–H and O–H groups in total. The minimum atomic E-state index is -1.76. The number of hydrogen-bond donors (Lipinski definition) is 0. The summed E-state index contributed by atoms with van der Waals surface area (Å²) in [5.74, 6) is 0.925. The molecule has 0 saturated heterocycles. The third-order valence-corrected chi connectivity index (χ3v) is 7.55. The molecule has 0 unspecified atom stereocenters. The van der Waals surface area contributed by atoms with Gasteiger partial charge in [-0.3, -0.25) is 0 Å². The first-order valence-corrected chi connectivity index (χ1v) is 11.9. The topological polar surface area (TPSA) is 17.2 Å². The molecule has 0 spiro atoms.